The SMILES string of the molecule is c1ccc(C2NC(c3ccc4c(c3)sc3ccccc34)NC(c3cccc4c3oc3c(-c5ccc6oc7ccccc7c6c5)cccc34)N2)cc1. The fourth-order valence-corrected chi connectivity index (χ4v) is 9.12. The minimum absolute atomic E-state index is 0.0905. The van der Waals surface area contributed by atoms with E-state index >= 15 is 0 Å². The lowest BCUT2D eigenvalue weighted by atomic mass is 9.99. The second-order valence-corrected chi connectivity index (χ2v) is 14.5. The number of benzene rings is 7. The van der Waals surface area contributed by atoms with Gasteiger partial charge >= 0.3 is 0 Å². The predicted octanol–water partition coefficient (Wildman–Crippen LogP) is 11.7. The minimum Gasteiger partial charge on any atom is -0.456 e. The molecule has 1 saturated heterocycles. The summed E-state index contributed by atoms with van der Waals surface area (Å²) in [6, 6.07) is 53.7. The highest BCUT2D eigenvalue weighted by Crippen LogP contribution is 2.41. The van der Waals surface area contributed by atoms with E-state index in [1.54, 1.807) is 0 Å². The smallest absolute Gasteiger partial charge is 0.143 e. The zero-order valence-corrected chi connectivity index (χ0v) is 28.2. The molecule has 3 N–H and O–H groups in total. The third-order valence-electron chi connectivity index (χ3n) is 10.4. The van der Waals surface area contributed by atoms with Gasteiger partial charge in [-0.1, -0.05) is 121 Å². The molecule has 0 radical (unpaired) electrons. The highest BCUT2D eigenvalue weighted by Gasteiger charge is 2.32. The first kappa shape index (κ1) is 29.0. The molecule has 11 rings (SSSR count). The average Bonchev–Trinajstić information content (AvgIpc) is 3.88. The van der Waals surface area contributed by atoms with Gasteiger partial charge in [-0.05, 0) is 47.0 Å². The summed E-state index contributed by atoms with van der Waals surface area (Å²) < 4.78 is 15.7. The lowest BCUT2D eigenvalue weighted by Gasteiger charge is -2.39. The summed E-state index contributed by atoms with van der Waals surface area (Å²) in [4.78, 5) is 0. The number of hydrogen-bond acceptors (Lipinski definition) is 6. The first-order chi connectivity index (χ1) is 25.2. The third-order valence-corrected chi connectivity index (χ3v) is 11.6. The van der Waals surface area contributed by atoms with Gasteiger partial charge in [0.1, 0.15) is 22.3 Å². The number of para-hydroxylation sites is 3. The Hall–Kier alpha value is -5.76. The second kappa shape index (κ2) is 11.4. The van der Waals surface area contributed by atoms with Crippen molar-refractivity contribution < 1.29 is 8.83 Å². The number of thiophene rings is 1. The molecule has 3 aromatic heterocycles. The van der Waals surface area contributed by atoms with Gasteiger partial charge in [0, 0.05) is 52.8 Å². The molecule has 7 aromatic carbocycles. The van der Waals surface area contributed by atoms with Gasteiger partial charge in [-0.25, -0.2) is 0 Å². The standard InChI is InChI=1S/C45H31N3O2S/c1-2-10-26(11-3-1)43-46-44(28-20-22-32-31-13-5-7-19-39(31)51-40(32)25-28)48-45(47-43)35-17-9-16-34-33-15-8-14-29(41(33)50-42(34)35)27-21-23-38-36(24-27)30-12-4-6-18-37(30)49-38/h1-25,43-48H. The molecule has 0 amide bonds. The van der Waals surface area contributed by atoms with Crippen LogP contribution in [0.5, 0.6) is 0 Å². The van der Waals surface area contributed by atoms with Crippen LogP contribution in [-0.2, 0) is 0 Å². The van der Waals surface area contributed by atoms with Crippen LogP contribution in [0.2, 0.25) is 0 Å². The predicted molar refractivity (Wildman–Crippen MR) is 210 cm³/mol. The van der Waals surface area contributed by atoms with Gasteiger partial charge < -0.3 is 8.83 Å². The summed E-state index contributed by atoms with van der Waals surface area (Å²) in [5.41, 5.74) is 9.15. The van der Waals surface area contributed by atoms with Gasteiger partial charge in [0.05, 0.1) is 18.5 Å². The summed E-state index contributed by atoms with van der Waals surface area (Å²) in [5, 5.41) is 18.7. The first-order valence-corrected chi connectivity index (χ1v) is 18.2. The quantitative estimate of drug-likeness (QED) is 0.173. The Morgan fingerprint density at radius 1 is 0.412 bits per heavy atom. The molecule has 10 aromatic rings. The van der Waals surface area contributed by atoms with Crippen molar-refractivity contribution in [1.29, 1.82) is 0 Å². The van der Waals surface area contributed by atoms with E-state index in [0.717, 1.165) is 60.6 Å². The molecule has 4 heterocycles. The lowest BCUT2D eigenvalue weighted by molar-refractivity contribution is 0.203. The summed E-state index contributed by atoms with van der Waals surface area (Å²) in [7, 11) is 0. The van der Waals surface area contributed by atoms with Crippen molar-refractivity contribution in [3.8, 4) is 11.1 Å². The van der Waals surface area contributed by atoms with Crippen LogP contribution in [0.3, 0.4) is 0 Å². The number of furan rings is 2. The fraction of sp³-hybridized carbons (Fsp3) is 0.0667. The third kappa shape index (κ3) is 4.65. The van der Waals surface area contributed by atoms with Crippen LogP contribution in [0.15, 0.2) is 160 Å². The van der Waals surface area contributed by atoms with Crippen molar-refractivity contribution in [3.63, 3.8) is 0 Å². The van der Waals surface area contributed by atoms with Crippen molar-refractivity contribution in [2.75, 3.05) is 0 Å². The molecule has 1 aliphatic heterocycles. The second-order valence-electron chi connectivity index (χ2n) is 13.4. The van der Waals surface area contributed by atoms with Crippen molar-refractivity contribution in [3.05, 3.63) is 168 Å². The Morgan fingerprint density at radius 2 is 1.10 bits per heavy atom. The Labute approximate surface area is 297 Å². The average molecular weight is 678 g/mol. The normalized spacial score (nSPS) is 18.2. The molecular formula is C45H31N3O2S. The van der Waals surface area contributed by atoms with E-state index in [1.807, 2.05) is 23.5 Å². The summed E-state index contributed by atoms with van der Waals surface area (Å²) >= 11 is 1.85. The van der Waals surface area contributed by atoms with E-state index in [9.17, 15) is 0 Å². The van der Waals surface area contributed by atoms with E-state index in [-0.39, 0.29) is 18.5 Å². The van der Waals surface area contributed by atoms with Crippen LogP contribution >= 0.6 is 11.3 Å². The topological polar surface area (TPSA) is 62.4 Å². The molecule has 51 heavy (non-hydrogen) atoms. The molecule has 244 valence electrons. The molecule has 0 aliphatic carbocycles. The van der Waals surface area contributed by atoms with Crippen molar-refractivity contribution in [1.82, 2.24) is 16.0 Å². The Morgan fingerprint density at radius 3 is 2.00 bits per heavy atom. The Kier molecular flexibility index (Phi) is 6.48. The fourth-order valence-electron chi connectivity index (χ4n) is 7.97. The van der Waals surface area contributed by atoms with Crippen LogP contribution in [0, 0.1) is 0 Å². The maximum atomic E-state index is 6.95. The van der Waals surface area contributed by atoms with Crippen LogP contribution in [0.25, 0.3) is 75.2 Å². The van der Waals surface area contributed by atoms with Gasteiger partial charge in [-0.2, -0.15) is 0 Å². The number of hydrogen-bond donors (Lipinski definition) is 3. The highest BCUT2D eigenvalue weighted by molar-refractivity contribution is 7.25. The van der Waals surface area contributed by atoms with Crippen molar-refractivity contribution in [2.45, 2.75) is 18.5 Å². The van der Waals surface area contributed by atoms with Gasteiger partial charge in [0.15, 0.2) is 0 Å². The molecular weight excluding hydrogens is 647 g/mol. The van der Waals surface area contributed by atoms with E-state index in [4.69, 9.17) is 8.83 Å². The highest BCUT2D eigenvalue weighted by atomic mass is 32.1. The van der Waals surface area contributed by atoms with Gasteiger partial charge in [-0.15, -0.1) is 11.3 Å². The summed E-state index contributed by atoms with van der Waals surface area (Å²) in [6.45, 7) is 0. The molecule has 6 heteroatoms. The van der Waals surface area contributed by atoms with E-state index < -0.39 is 0 Å². The molecule has 5 nitrogen and oxygen atoms in total. The van der Waals surface area contributed by atoms with E-state index in [1.165, 1.54) is 31.3 Å². The first-order valence-electron chi connectivity index (χ1n) is 17.4. The molecule has 3 atom stereocenters. The van der Waals surface area contributed by atoms with Crippen LogP contribution in [0.1, 0.15) is 35.2 Å². The Balaban J connectivity index is 1.03. The number of rotatable bonds is 4. The monoisotopic (exact) mass is 677 g/mol. The zero-order chi connectivity index (χ0) is 33.5. The number of fused-ring (bicyclic) bond motifs is 9. The van der Waals surface area contributed by atoms with Crippen LogP contribution < -0.4 is 16.0 Å². The summed E-state index contributed by atoms with van der Waals surface area (Å²) in [5.74, 6) is 0. The minimum atomic E-state index is -0.194. The largest absolute Gasteiger partial charge is 0.456 e. The molecule has 0 saturated carbocycles. The van der Waals surface area contributed by atoms with Crippen LogP contribution in [0.4, 0.5) is 0 Å². The molecule has 0 bridgehead atoms. The Bertz CT molecular complexity index is 2940. The van der Waals surface area contributed by atoms with Gasteiger partial charge in [0.2, 0.25) is 0 Å². The zero-order valence-electron chi connectivity index (χ0n) is 27.4. The van der Waals surface area contributed by atoms with E-state index in [0.29, 0.717) is 0 Å². The maximum absolute atomic E-state index is 6.95. The molecule has 1 aliphatic rings. The molecule has 0 spiro atoms. The van der Waals surface area contributed by atoms with Gasteiger partial charge in [-0.3, -0.25) is 16.0 Å². The number of nitrogens with one attached hydrogen (secondary N) is 3. The summed E-state index contributed by atoms with van der Waals surface area (Å²) in [6.07, 6.45) is -0.393. The van der Waals surface area contributed by atoms with E-state index in [2.05, 4.69) is 155 Å². The molecule has 3 unspecified atom stereocenters. The lowest BCUT2D eigenvalue weighted by Crippen LogP contribution is -2.54. The molecule has 1 fully saturated rings. The van der Waals surface area contributed by atoms with Crippen molar-refractivity contribution >= 4 is 75.4 Å². The van der Waals surface area contributed by atoms with Crippen LogP contribution in [-0.4, -0.2) is 0 Å². The van der Waals surface area contributed by atoms with Crippen molar-refractivity contribution in [2.24, 2.45) is 0 Å². The van der Waals surface area contributed by atoms with Gasteiger partial charge in [0.25, 0.3) is 0 Å². The maximum Gasteiger partial charge on any atom is 0.143 e.